The first kappa shape index (κ1) is 16.1. The van der Waals surface area contributed by atoms with Crippen LogP contribution < -0.4 is 29.6 Å². The van der Waals surface area contributed by atoms with Gasteiger partial charge in [0.1, 0.15) is 0 Å². The maximum Gasteiger partial charge on any atom is 1.00 e. The zero-order valence-electron chi connectivity index (χ0n) is 8.54. The normalized spacial score (nSPS) is 10.4. The quantitative estimate of drug-likeness (QED) is 0.305. The van der Waals surface area contributed by atoms with Gasteiger partial charge in [-0.25, -0.2) is 0 Å². The molecule has 0 aliphatic heterocycles. The molecule has 86 valence electrons. The Labute approximate surface area is 118 Å². The van der Waals surface area contributed by atoms with Crippen molar-refractivity contribution in [1.29, 1.82) is 0 Å². The molecule has 0 unspecified atom stereocenters. The molecular formula is C8H5NaO7S. The second-order valence-electron chi connectivity index (χ2n) is 2.73. The number of carboxylic acids is 2. The van der Waals surface area contributed by atoms with Gasteiger partial charge in [-0.3, -0.25) is 14.1 Å². The van der Waals surface area contributed by atoms with Crippen LogP contribution >= 0.6 is 0 Å². The Balaban J connectivity index is 0.00000256. The Hall–Kier alpha value is -0.930. The summed E-state index contributed by atoms with van der Waals surface area (Å²) >= 11 is 0. The summed E-state index contributed by atoms with van der Waals surface area (Å²) in [7, 11) is -4.66. The van der Waals surface area contributed by atoms with E-state index in [9.17, 15) is 18.0 Å². The molecule has 0 aromatic heterocycles. The largest absolute Gasteiger partial charge is 1.00 e. The number of hydrogen-bond donors (Lipinski definition) is 3. The van der Waals surface area contributed by atoms with Gasteiger partial charge in [0, 0.05) is 4.90 Å². The van der Waals surface area contributed by atoms with Crippen LogP contribution in [-0.2, 0) is 10.1 Å². The molecule has 0 saturated heterocycles. The summed E-state index contributed by atoms with van der Waals surface area (Å²) in [6.07, 6.45) is 0. The van der Waals surface area contributed by atoms with Gasteiger partial charge in [-0.1, -0.05) is 12.1 Å². The van der Waals surface area contributed by atoms with E-state index >= 15 is 0 Å². The third kappa shape index (κ3) is 4.10. The molecule has 1 aromatic rings. The molecule has 0 amide bonds. The van der Waals surface area contributed by atoms with Crippen LogP contribution in [0.15, 0.2) is 17.0 Å². The summed E-state index contributed by atoms with van der Waals surface area (Å²) in [4.78, 5) is 20.3. The molecule has 0 bridgehead atoms. The Morgan fingerprint density at radius 3 is 1.65 bits per heavy atom. The predicted molar refractivity (Wildman–Crippen MR) is 49.0 cm³/mol. The van der Waals surface area contributed by atoms with Gasteiger partial charge in [-0.15, -0.1) is 6.07 Å². The summed E-state index contributed by atoms with van der Waals surface area (Å²) in [6.45, 7) is 0. The minimum atomic E-state index is -4.66. The third-order valence-electron chi connectivity index (χ3n) is 1.60. The number of hydrogen-bond acceptors (Lipinski definition) is 4. The van der Waals surface area contributed by atoms with Gasteiger partial charge in [-0.05, 0) is 11.1 Å². The average molecular weight is 268 g/mol. The van der Waals surface area contributed by atoms with Crippen molar-refractivity contribution in [3.63, 3.8) is 0 Å². The van der Waals surface area contributed by atoms with E-state index in [4.69, 9.17) is 14.8 Å². The number of benzene rings is 1. The molecule has 0 atom stereocenters. The zero-order valence-corrected chi connectivity index (χ0v) is 11.4. The van der Waals surface area contributed by atoms with Crippen molar-refractivity contribution in [2.24, 2.45) is 0 Å². The Kier molecular flexibility index (Phi) is 5.30. The van der Waals surface area contributed by atoms with Crippen LogP contribution in [0, 0.1) is 6.07 Å². The maximum atomic E-state index is 10.7. The summed E-state index contributed by atoms with van der Waals surface area (Å²) in [5.74, 6) is -3.10. The van der Waals surface area contributed by atoms with Crippen LogP contribution in [0.5, 0.6) is 0 Å². The van der Waals surface area contributed by atoms with Gasteiger partial charge in [0.2, 0.25) is 0 Å². The third-order valence-corrected chi connectivity index (χ3v) is 2.43. The SMILES string of the molecule is O=C(O)c1[c-]c(C(=O)O)cc(S(=O)(=O)O)c1.[Na+]. The molecule has 0 saturated carbocycles. The molecule has 0 radical (unpaired) electrons. The monoisotopic (exact) mass is 268 g/mol. The van der Waals surface area contributed by atoms with Crippen LogP contribution in [0.2, 0.25) is 0 Å². The van der Waals surface area contributed by atoms with Crippen molar-refractivity contribution < 1.29 is 62.3 Å². The molecule has 3 N–H and O–H groups in total. The molecule has 1 rings (SSSR count). The summed E-state index contributed by atoms with van der Waals surface area (Å²) in [6, 6.07) is 3.21. The molecule has 17 heavy (non-hydrogen) atoms. The van der Waals surface area contributed by atoms with Gasteiger partial charge in [0.15, 0.2) is 0 Å². The van der Waals surface area contributed by atoms with E-state index in [-0.39, 0.29) is 29.6 Å². The van der Waals surface area contributed by atoms with Crippen LogP contribution in [0.4, 0.5) is 0 Å². The van der Waals surface area contributed by atoms with Crippen molar-refractivity contribution in [2.45, 2.75) is 4.90 Å². The number of carbonyl (C=O) groups is 2. The molecule has 0 heterocycles. The maximum absolute atomic E-state index is 10.7. The van der Waals surface area contributed by atoms with E-state index in [1.165, 1.54) is 0 Å². The number of aromatic carboxylic acids is 2. The first-order valence-corrected chi connectivity index (χ1v) is 5.17. The van der Waals surface area contributed by atoms with E-state index in [0.717, 1.165) is 0 Å². The average Bonchev–Trinajstić information content (AvgIpc) is 2.15. The molecule has 0 aliphatic rings. The molecule has 0 spiro atoms. The van der Waals surface area contributed by atoms with Crippen molar-refractivity contribution >= 4 is 22.1 Å². The fraction of sp³-hybridized carbons (Fsp3) is 0. The van der Waals surface area contributed by atoms with E-state index in [2.05, 4.69) is 0 Å². The van der Waals surface area contributed by atoms with Crippen LogP contribution in [0.25, 0.3) is 0 Å². The Bertz CT molecular complexity index is 531. The summed E-state index contributed by atoms with van der Waals surface area (Å²) in [5.41, 5.74) is -1.32. The van der Waals surface area contributed by atoms with Crippen LogP contribution in [0.1, 0.15) is 20.7 Å². The topological polar surface area (TPSA) is 129 Å². The standard InChI is InChI=1S/C8H5O7S.Na/c9-7(10)4-1-5(8(11)12)3-6(2-4)16(13,14)15;/h2-3H,(H,9,10)(H,11,12)(H,13,14,15);/q-1;+1. The van der Waals surface area contributed by atoms with Gasteiger partial charge < -0.3 is 10.2 Å². The minimum Gasteiger partial charge on any atom is -0.513 e. The molecule has 7 nitrogen and oxygen atoms in total. The fourth-order valence-corrected chi connectivity index (χ4v) is 1.46. The van der Waals surface area contributed by atoms with Gasteiger partial charge in [0.05, 0.1) is 0 Å². The zero-order chi connectivity index (χ0) is 12.5. The molecule has 0 aliphatic carbocycles. The number of rotatable bonds is 3. The Morgan fingerprint density at radius 2 is 1.41 bits per heavy atom. The van der Waals surface area contributed by atoms with E-state index < -0.39 is 38.1 Å². The van der Waals surface area contributed by atoms with Gasteiger partial charge in [-0.2, -0.15) is 8.42 Å². The molecule has 1 aromatic carbocycles. The van der Waals surface area contributed by atoms with E-state index in [1.807, 2.05) is 6.07 Å². The van der Waals surface area contributed by atoms with Crippen molar-refractivity contribution in [2.75, 3.05) is 0 Å². The molecule has 0 fully saturated rings. The van der Waals surface area contributed by atoms with Gasteiger partial charge in [0.25, 0.3) is 22.1 Å². The smallest absolute Gasteiger partial charge is 0.513 e. The van der Waals surface area contributed by atoms with Crippen molar-refractivity contribution in [1.82, 2.24) is 0 Å². The number of carboxylic acid groups (broad SMARTS) is 2. The van der Waals surface area contributed by atoms with E-state index in [1.54, 1.807) is 0 Å². The first-order valence-electron chi connectivity index (χ1n) is 3.73. The van der Waals surface area contributed by atoms with Crippen LogP contribution in [-0.4, -0.2) is 35.1 Å². The summed E-state index contributed by atoms with van der Waals surface area (Å²) in [5, 5.41) is 17.2. The minimum absolute atomic E-state index is 0. The van der Waals surface area contributed by atoms with Crippen molar-refractivity contribution in [3.8, 4) is 0 Å². The fourth-order valence-electron chi connectivity index (χ4n) is 0.923. The van der Waals surface area contributed by atoms with E-state index in [0.29, 0.717) is 12.1 Å². The first-order chi connectivity index (χ1) is 7.21. The van der Waals surface area contributed by atoms with Crippen molar-refractivity contribution in [3.05, 3.63) is 29.3 Å². The predicted octanol–water partition coefficient (Wildman–Crippen LogP) is -2.87. The summed E-state index contributed by atoms with van der Waals surface area (Å²) < 4.78 is 30.2. The van der Waals surface area contributed by atoms with Gasteiger partial charge >= 0.3 is 29.6 Å². The Morgan fingerprint density at radius 1 is 1.06 bits per heavy atom. The second kappa shape index (κ2) is 5.61. The van der Waals surface area contributed by atoms with Crippen LogP contribution in [0.3, 0.4) is 0 Å². The second-order valence-corrected chi connectivity index (χ2v) is 4.15. The molecule has 9 heteroatoms. The molecular weight excluding hydrogens is 263 g/mol.